The molecule has 0 amide bonds. The lowest BCUT2D eigenvalue weighted by molar-refractivity contribution is -0.193. The van der Waals surface area contributed by atoms with Gasteiger partial charge in [-0.2, -0.15) is 0 Å². The summed E-state index contributed by atoms with van der Waals surface area (Å²) in [6.07, 6.45) is 11.8. The zero-order valence-electron chi connectivity index (χ0n) is 14.5. The van der Waals surface area contributed by atoms with Gasteiger partial charge in [0.1, 0.15) is 6.17 Å². The molecule has 0 heterocycles. The Morgan fingerprint density at radius 2 is 1.45 bits per heavy atom. The Labute approximate surface area is 135 Å². The lowest BCUT2D eigenvalue weighted by Gasteiger charge is -2.61. The highest BCUT2D eigenvalue weighted by atomic mass is 19.1. The number of carbonyl (C=O) groups is 1. The van der Waals surface area contributed by atoms with E-state index in [1.54, 1.807) is 0 Å². The van der Waals surface area contributed by atoms with Crippen LogP contribution in [0.2, 0.25) is 0 Å². The minimum atomic E-state index is -0.836. The van der Waals surface area contributed by atoms with E-state index in [-0.39, 0.29) is 0 Å². The number of ketones is 1. The quantitative estimate of drug-likeness (QED) is 0.635. The van der Waals surface area contributed by atoms with E-state index in [0.29, 0.717) is 5.78 Å². The van der Waals surface area contributed by atoms with Crippen molar-refractivity contribution in [2.24, 2.45) is 22.7 Å². The number of alkyl halides is 1. The summed E-state index contributed by atoms with van der Waals surface area (Å²) in [5.41, 5.74) is -1.11. The third kappa shape index (κ3) is 2.36. The monoisotopic (exact) mass is 308 g/mol. The second kappa shape index (κ2) is 6.24. The van der Waals surface area contributed by atoms with Gasteiger partial charge in [0, 0.05) is 0 Å². The number of rotatable bonds is 4. The molecule has 3 fully saturated rings. The predicted octanol–water partition coefficient (Wildman–Crippen LogP) is 5.86. The van der Waals surface area contributed by atoms with Crippen molar-refractivity contribution < 1.29 is 9.18 Å². The number of unbranched alkanes of at least 4 members (excludes halogenated alkanes) is 1. The molecule has 0 saturated heterocycles. The first-order valence-corrected chi connectivity index (χ1v) is 9.78. The molecule has 22 heavy (non-hydrogen) atoms. The molecule has 0 N–H and O–H groups in total. The largest absolute Gasteiger partial charge is 0.298 e. The molecule has 0 aromatic rings. The van der Waals surface area contributed by atoms with Crippen LogP contribution in [0.1, 0.15) is 90.9 Å². The maximum Gasteiger partial charge on any atom is 0.151 e. The summed E-state index contributed by atoms with van der Waals surface area (Å²) < 4.78 is 15.2. The van der Waals surface area contributed by atoms with Gasteiger partial charge < -0.3 is 0 Å². The fourth-order valence-corrected chi connectivity index (χ4v) is 5.71. The molecule has 0 aliphatic heterocycles. The Kier molecular flexibility index (Phi) is 4.67. The molecule has 3 aliphatic carbocycles. The molecule has 3 aliphatic rings. The lowest BCUT2D eigenvalue weighted by Crippen LogP contribution is -2.69. The Bertz CT molecular complexity index is 400. The van der Waals surface area contributed by atoms with E-state index in [4.69, 9.17) is 0 Å². The summed E-state index contributed by atoms with van der Waals surface area (Å²) in [4.78, 5) is 13.0. The molecule has 1 nitrogen and oxygen atoms in total. The number of Topliss-reactive ketones (excluding diaryl/α,β-unsaturated/α-hetero) is 1. The summed E-state index contributed by atoms with van der Waals surface area (Å²) in [5, 5.41) is 0. The second-order valence-electron chi connectivity index (χ2n) is 8.44. The topological polar surface area (TPSA) is 17.1 Å². The maximum absolute atomic E-state index is 15.2. The van der Waals surface area contributed by atoms with Crippen molar-refractivity contribution >= 4 is 5.78 Å². The highest BCUT2D eigenvalue weighted by Gasteiger charge is 2.71. The smallest absolute Gasteiger partial charge is 0.151 e. The number of carbonyl (C=O) groups excluding carboxylic acids is 1. The van der Waals surface area contributed by atoms with Crippen LogP contribution in [0.3, 0.4) is 0 Å². The highest BCUT2D eigenvalue weighted by molar-refractivity contribution is 5.98. The molecule has 0 unspecified atom stereocenters. The van der Waals surface area contributed by atoms with Gasteiger partial charge in [-0.05, 0) is 63.2 Å². The summed E-state index contributed by atoms with van der Waals surface area (Å²) in [5.74, 6) is 1.81. The van der Waals surface area contributed by atoms with Crippen LogP contribution in [-0.4, -0.2) is 12.0 Å². The zero-order valence-corrected chi connectivity index (χ0v) is 14.5. The third-order valence-electron chi connectivity index (χ3n) is 7.41. The van der Waals surface area contributed by atoms with Crippen molar-refractivity contribution in [2.75, 3.05) is 0 Å². The lowest BCUT2D eigenvalue weighted by atomic mass is 9.42. The van der Waals surface area contributed by atoms with Crippen molar-refractivity contribution in [3.05, 3.63) is 0 Å². The van der Waals surface area contributed by atoms with Gasteiger partial charge >= 0.3 is 0 Å². The molecular formula is C20H33FO. The summed E-state index contributed by atoms with van der Waals surface area (Å²) in [7, 11) is 0. The summed E-state index contributed by atoms with van der Waals surface area (Å²) in [6.45, 7) is 4.45. The van der Waals surface area contributed by atoms with Crippen molar-refractivity contribution in [2.45, 2.75) is 97.1 Å². The van der Waals surface area contributed by atoms with Crippen molar-refractivity contribution in [3.63, 3.8) is 0 Å². The van der Waals surface area contributed by atoms with E-state index in [1.807, 2.05) is 0 Å². The van der Waals surface area contributed by atoms with Gasteiger partial charge in [-0.1, -0.05) is 39.5 Å². The van der Waals surface area contributed by atoms with E-state index < -0.39 is 17.0 Å². The first-order chi connectivity index (χ1) is 10.6. The average molecular weight is 308 g/mol. The summed E-state index contributed by atoms with van der Waals surface area (Å²) in [6, 6.07) is 0. The Morgan fingerprint density at radius 1 is 0.955 bits per heavy atom. The van der Waals surface area contributed by atoms with Gasteiger partial charge in [0.05, 0.1) is 10.8 Å². The SMILES string of the molecule is CCCCC1CCC2(CC1)C(=O)C1(CCC(CC)CC1)[C@H]2F. The van der Waals surface area contributed by atoms with Gasteiger partial charge in [0.25, 0.3) is 0 Å². The third-order valence-corrected chi connectivity index (χ3v) is 7.41. The fraction of sp³-hybridized carbons (Fsp3) is 0.950. The van der Waals surface area contributed by atoms with Crippen LogP contribution in [0, 0.1) is 22.7 Å². The van der Waals surface area contributed by atoms with E-state index in [2.05, 4.69) is 13.8 Å². The molecule has 2 heteroatoms. The number of hydrogen-bond donors (Lipinski definition) is 0. The fourth-order valence-electron chi connectivity index (χ4n) is 5.71. The molecule has 126 valence electrons. The van der Waals surface area contributed by atoms with E-state index >= 15 is 4.39 Å². The Hall–Kier alpha value is -0.400. The van der Waals surface area contributed by atoms with Crippen LogP contribution in [0.4, 0.5) is 4.39 Å². The normalized spacial score (nSPS) is 45.2. The zero-order chi connectivity index (χ0) is 15.8. The minimum absolute atomic E-state index is 0.330. The van der Waals surface area contributed by atoms with Crippen LogP contribution < -0.4 is 0 Å². The summed E-state index contributed by atoms with van der Waals surface area (Å²) >= 11 is 0. The van der Waals surface area contributed by atoms with Gasteiger partial charge in [0.15, 0.2) is 5.78 Å². The van der Waals surface area contributed by atoms with Crippen molar-refractivity contribution in [3.8, 4) is 0 Å². The van der Waals surface area contributed by atoms with Gasteiger partial charge in [-0.25, -0.2) is 4.39 Å². The van der Waals surface area contributed by atoms with E-state index in [9.17, 15) is 4.79 Å². The first-order valence-electron chi connectivity index (χ1n) is 9.78. The molecule has 2 spiro atoms. The van der Waals surface area contributed by atoms with E-state index in [0.717, 1.165) is 63.2 Å². The molecule has 0 radical (unpaired) electrons. The van der Waals surface area contributed by atoms with E-state index in [1.165, 1.54) is 25.7 Å². The van der Waals surface area contributed by atoms with Gasteiger partial charge in [-0.15, -0.1) is 0 Å². The van der Waals surface area contributed by atoms with Gasteiger partial charge in [-0.3, -0.25) is 4.79 Å². The molecule has 3 saturated carbocycles. The number of hydrogen-bond acceptors (Lipinski definition) is 1. The van der Waals surface area contributed by atoms with Crippen molar-refractivity contribution in [1.29, 1.82) is 0 Å². The predicted molar refractivity (Wildman–Crippen MR) is 88.5 cm³/mol. The second-order valence-corrected chi connectivity index (χ2v) is 8.44. The number of halogens is 1. The molecule has 0 aromatic carbocycles. The van der Waals surface area contributed by atoms with Crippen LogP contribution in [0.15, 0.2) is 0 Å². The Balaban J connectivity index is 1.61. The van der Waals surface area contributed by atoms with Crippen LogP contribution in [0.5, 0.6) is 0 Å². The molecule has 1 atom stereocenters. The standard InChI is InChI=1S/C20H33FO/c1-3-5-6-16-9-13-20(14-10-16)17(21)19(18(20)22)11-7-15(4-2)8-12-19/h15-17H,3-14H2,1-2H3/t15?,16?,17-,19?,20?/m1/s1. The van der Waals surface area contributed by atoms with Crippen LogP contribution in [0.25, 0.3) is 0 Å². The van der Waals surface area contributed by atoms with Gasteiger partial charge in [0.2, 0.25) is 0 Å². The van der Waals surface area contributed by atoms with Crippen molar-refractivity contribution in [1.82, 2.24) is 0 Å². The molecular weight excluding hydrogens is 275 g/mol. The molecule has 3 rings (SSSR count). The first kappa shape index (κ1) is 16.5. The Morgan fingerprint density at radius 3 is 1.86 bits per heavy atom. The van der Waals surface area contributed by atoms with Crippen LogP contribution >= 0.6 is 0 Å². The molecule has 0 aromatic heterocycles. The highest BCUT2D eigenvalue weighted by Crippen LogP contribution is 2.65. The van der Waals surface area contributed by atoms with Crippen LogP contribution in [-0.2, 0) is 4.79 Å². The minimum Gasteiger partial charge on any atom is -0.298 e. The molecule has 0 bridgehead atoms. The maximum atomic E-state index is 15.2. The average Bonchev–Trinajstić information content (AvgIpc) is 2.59.